The van der Waals surface area contributed by atoms with Crippen LogP contribution < -0.4 is 51.4 Å². The van der Waals surface area contributed by atoms with Gasteiger partial charge in [-0.1, -0.05) is 0 Å². The Hall–Kier alpha value is 0.271. The van der Waals surface area contributed by atoms with Crippen molar-refractivity contribution in [3.05, 3.63) is 24.7 Å². The summed E-state index contributed by atoms with van der Waals surface area (Å²) in [6, 6.07) is 3.67. The molecule has 0 unspecified atom stereocenters. The van der Waals surface area contributed by atoms with Crippen molar-refractivity contribution in [2.45, 2.75) is 0 Å². The van der Waals surface area contributed by atoms with Gasteiger partial charge in [0, 0.05) is 0 Å². The summed E-state index contributed by atoms with van der Waals surface area (Å²) in [6.07, 6.45) is 3.25. The van der Waals surface area contributed by atoms with Crippen LogP contribution in [-0.4, -0.2) is 21.8 Å². The molecule has 1 aromatic rings. The van der Waals surface area contributed by atoms with Crippen molar-refractivity contribution < 1.29 is 109 Å². The molecule has 124 valence electrons. The quantitative estimate of drug-likeness (QED) is 0.506. The Kier molecular flexibility index (Phi) is 19.4. The van der Waals surface area contributed by atoms with Gasteiger partial charge in [-0.05, 0) is 12.1 Å². The average molecular weight is 369 g/mol. The van der Waals surface area contributed by atoms with Crippen molar-refractivity contribution in [2.24, 2.45) is 0 Å². The topological polar surface area (TPSA) is 13.1 Å². The van der Waals surface area contributed by atoms with Gasteiger partial charge in [-0.3, -0.25) is 0 Å². The first-order valence-electron chi connectivity index (χ1n) is 4.09. The van der Waals surface area contributed by atoms with Crippen LogP contribution in [-0.2, 0) is 0 Å². The number of rotatable bonds is 0. The molecule has 21 heavy (non-hydrogen) atoms. The van der Waals surface area contributed by atoms with Gasteiger partial charge in [0.2, 0.25) is 0 Å². The van der Waals surface area contributed by atoms with Crippen LogP contribution >= 0.6 is 0 Å². The summed E-state index contributed by atoms with van der Waals surface area (Å²) < 4.78 is 122. The van der Waals surface area contributed by atoms with E-state index in [0.29, 0.717) is 0 Å². The number of hydrogen-bond acceptors (Lipinski definition) is 1. The van der Waals surface area contributed by atoms with Crippen LogP contribution in [0, 0.1) is 0 Å². The maximum absolute atomic E-state index is 9.75. The monoisotopic (exact) mass is 369 g/mol. The fourth-order valence-corrected chi connectivity index (χ4v) is 0.227. The van der Waals surface area contributed by atoms with Crippen LogP contribution in [0.3, 0.4) is 0 Å². The molecule has 1 nitrogen and oxygen atoms in total. The van der Waals surface area contributed by atoms with E-state index in [1.807, 2.05) is 12.1 Å². The molecular weight excluding hydrogens is 364 g/mol. The Bertz CT molecular complexity index is 235. The van der Waals surface area contributed by atoms with Gasteiger partial charge in [-0.25, -0.2) is 0 Å². The van der Waals surface area contributed by atoms with Gasteiger partial charge in [-0.15, -0.1) is 0 Å². The van der Waals surface area contributed by atoms with Crippen LogP contribution in [0.15, 0.2) is 29.1 Å². The van der Waals surface area contributed by atoms with Gasteiger partial charge in [-0.2, -0.15) is 0 Å². The van der Waals surface area contributed by atoms with Crippen molar-refractivity contribution in [3.63, 3.8) is 0 Å². The smallest absolute Gasteiger partial charge is 1.00 e. The van der Waals surface area contributed by atoms with Crippen molar-refractivity contribution in [1.82, 2.24) is 0 Å². The molecule has 0 aliphatic heterocycles. The molecule has 0 saturated carbocycles. The van der Waals surface area contributed by atoms with E-state index in [4.69, 9.17) is 0 Å². The van der Waals surface area contributed by atoms with E-state index in [9.17, 15) is 51.8 Å². The fourth-order valence-electron chi connectivity index (χ4n) is 0.227. The third-order valence-electron chi connectivity index (χ3n) is 0.425. The van der Waals surface area contributed by atoms with Crippen LogP contribution in [0.1, 0.15) is 1.43 Å². The van der Waals surface area contributed by atoms with Crippen LogP contribution in [0.5, 0.6) is 0 Å². The summed E-state index contributed by atoms with van der Waals surface area (Å²) in [6.45, 7) is 0. The maximum atomic E-state index is 9.75. The zero-order valence-electron chi connectivity index (χ0n) is 11.0. The molecule has 0 spiro atoms. The van der Waals surface area contributed by atoms with E-state index in [2.05, 4.69) is 4.42 Å². The van der Waals surface area contributed by atoms with Gasteiger partial charge in [0.05, 0.1) is 12.5 Å². The summed E-state index contributed by atoms with van der Waals surface area (Å²) in [4.78, 5) is 0. The zero-order chi connectivity index (χ0) is 17.0. The molecule has 0 radical (unpaired) electrons. The number of halogens is 12. The largest absolute Gasteiger partial charge is 1.00 e. The minimum absolute atomic E-state index is 0. The van der Waals surface area contributed by atoms with E-state index in [-0.39, 0.29) is 52.8 Å². The third-order valence-corrected chi connectivity index (χ3v) is 0.425. The fraction of sp³-hybridized carbons (Fsp3) is 0. The summed E-state index contributed by atoms with van der Waals surface area (Å²) >= 11 is 0. The molecule has 0 bridgehead atoms. The van der Waals surface area contributed by atoms with Gasteiger partial charge in [0.15, 0.2) is 0 Å². The Labute approximate surface area is 154 Å². The molecule has 17 heteroatoms. The molecule has 0 fully saturated rings. The maximum Gasteiger partial charge on any atom is 1.00 e. The second-order valence-electron chi connectivity index (χ2n) is 2.28. The molecule has 0 saturated heterocycles. The number of furan rings is 1. The van der Waals surface area contributed by atoms with E-state index in [1.165, 1.54) is 0 Å². The Morgan fingerprint density at radius 1 is 0.524 bits per heavy atom. The average Bonchev–Trinajstić information content (AvgIpc) is 2.45. The van der Waals surface area contributed by atoms with E-state index in [1.54, 1.807) is 12.5 Å². The molecule has 0 aliphatic rings. The van der Waals surface area contributed by atoms with Crippen molar-refractivity contribution in [3.8, 4) is 0 Å². The van der Waals surface area contributed by atoms with Crippen LogP contribution in [0.2, 0.25) is 0 Å². The van der Waals surface area contributed by atoms with E-state index in [0.717, 1.165) is 0 Å². The second kappa shape index (κ2) is 13.9. The van der Waals surface area contributed by atoms with Gasteiger partial charge in [0.25, 0.3) is 0 Å². The molecule has 0 amide bonds. The molecular formula is C4H5B3F12KO-3. The molecule has 1 heterocycles. The Balaban J connectivity index is -0.0000000567. The number of hydrogen-bond donors (Lipinski definition) is 0. The van der Waals surface area contributed by atoms with E-state index >= 15 is 0 Å². The first kappa shape index (κ1) is 29.3. The second-order valence-corrected chi connectivity index (χ2v) is 2.28. The predicted octanol–water partition coefficient (Wildman–Crippen LogP) is 2.30. The molecule has 1 aromatic heterocycles. The Morgan fingerprint density at radius 3 is 0.714 bits per heavy atom. The summed E-state index contributed by atoms with van der Waals surface area (Å²) in [7, 11) is -18.0. The van der Waals surface area contributed by atoms with Gasteiger partial charge in [0.1, 0.15) is 0 Å². The van der Waals surface area contributed by atoms with E-state index < -0.39 is 21.8 Å². The van der Waals surface area contributed by atoms with Crippen LogP contribution in [0.25, 0.3) is 0 Å². The van der Waals surface area contributed by atoms with Crippen molar-refractivity contribution in [2.75, 3.05) is 0 Å². The first-order chi connectivity index (χ1) is 8.50. The molecule has 0 aromatic carbocycles. The van der Waals surface area contributed by atoms with Gasteiger partial charge >= 0.3 is 73.1 Å². The standard InChI is InChI=1S/C4H4O.3BF4.K.H/c1-2-4-5-3-1;3*2-1(3,4)5;;/h1-4H;;;;;/q;3*-1;+1;-1. The summed E-state index contributed by atoms with van der Waals surface area (Å²) in [5.41, 5.74) is 0. The third kappa shape index (κ3) is 244. The molecule has 1 rings (SSSR count). The summed E-state index contributed by atoms with van der Waals surface area (Å²) in [5.74, 6) is 0. The normalized spacial score (nSPS) is 10.5. The Morgan fingerprint density at radius 2 is 0.667 bits per heavy atom. The van der Waals surface area contributed by atoms with Crippen molar-refractivity contribution >= 4 is 21.8 Å². The minimum Gasteiger partial charge on any atom is -1.00 e. The molecule has 0 N–H and O–H groups in total. The minimum atomic E-state index is -6.00. The van der Waals surface area contributed by atoms with Gasteiger partial charge < -0.3 is 57.6 Å². The zero-order valence-corrected chi connectivity index (χ0v) is 13.1. The molecule has 0 atom stereocenters. The SMILES string of the molecule is F[B-](F)(F)F.F[B-](F)(F)F.F[B-](F)(F)F.[H-].[K+].c1ccoc1. The van der Waals surface area contributed by atoms with Crippen LogP contribution in [0.4, 0.5) is 51.8 Å². The first-order valence-corrected chi connectivity index (χ1v) is 4.09. The summed E-state index contributed by atoms with van der Waals surface area (Å²) in [5, 5.41) is 0. The van der Waals surface area contributed by atoms with Crippen molar-refractivity contribution in [1.29, 1.82) is 0 Å². The molecule has 0 aliphatic carbocycles. The predicted molar refractivity (Wildman–Crippen MR) is 50.4 cm³/mol.